The number of thioether (sulfide) groups is 1. The van der Waals surface area contributed by atoms with E-state index in [4.69, 9.17) is 4.74 Å². The van der Waals surface area contributed by atoms with Crippen LogP contribution in [-0.2, 0) is 9.53 Å². The van der Waals surface area contributed by atoms with Gasteiger partial charge in [0.25, 0.3) is 5.78 Å². The third-order valence-electron chi connectivity index (χ3n) is 2.55. The van der Waals surface area contributed by atoms with Gasteiger partial charge in [0, 0.05) is 16.2 Å². The number of carbonyl (C=O) groups excluding carboxylic acids is 2. The molecule has 0 atom stereocenters. The summed E-state index contributed by atoms with van der Waals surface area (Å²) in [6.07, 6.45) is 0. The van der Waals surface area contributed by atoms with Gasteiger partial charge in [-0.25, -0.2) is 4.79 Å². The van der Waals surface area contributed by atoms with Crippen LogP contribution in [0.2, 0.25) is 0 Å². The predicted octanol–water partition coefficient (Wildman–Crippen LogP) is 3.20. The highest BCUT2D eigenvalue weighted by atomic mass is 32.2. The summed E-state index contributed by atoms with van der Waals surface area (Å²) < 4.78 is 4.97. The van der Waals surface area contributed by atoms with Crippen LogP contribution < -0.4 is 0 Å². The second-order valence-corrected chi connectivity index (χ2v) is 5.16. The number of rotatable bonds is 6. The van der Waals surface area contributed by atoms with Gasteiger partial charge in [-0.1, -0.05) is 48.5 Å². The van der Waals surface area contributed by atoms with Gasteiger partial charge < -0.3 is 4.74 Å². The molecule has 0 fully saturated rings. The standard InChI is InChI=1S/C16H14O3S/c17-15(13-7-3-1-4-8-13)16(18)19-11-12-20-14-9-5-2-6-10-14/h1-10H,11-12H2. The van der Waals surface area contributed by atoms with E-state index in [1.165, 1.54) is 0 Å². The maximum absolute atomic E-state index is 11.7. The second kappa shape index (κ2) is 7.50. The van der Waals surface area contributed by atoms with E-state index in [-0.39, 0.29) is 6.61 Å². The number of hydrogen-bond acceptors (Lipinski definition) is 4. The Balaban J connectivity index is 1.74. The summed E-state index contributed by atoms with van der Waals surface area (Å²) in [4.78, 5) is 24.4. The summed E-state index contributed by atoms with van der Waals surface area (Å²) in [5.74, 6) is -0.780. The Morgan fingerprint density at radius 2 is 1.50 bits per heavy atom. The number of benzene rings is 2. The Bertz CT molecular complexity index is 567. The van der Waals surface area contributed by atoms with Crippen LogP contribution in [-0.4, -0.2) is 24.1 Å². The van der Waals surface area contributed by atoms with Crippen molar-refractivity contribution in [1.29, 1.82) is 0 Å². The van der Waals surface area contributed by atoms with Crippen molar-refractivity contribution in [2.75, 3.05) is 12.4 Å². The quantitative estimate of drug-likeness (QED) is 0.269. The largest absolute Gasteiger partial charge is 0.459 e. The Kier molecular flexibility index (Phi) is 5.38. The molecule has 4 heteroatoms. The van der Waals surface area contributed by atoms with Crippen molar-refractivity contribution in [2.45, 2.75) is 4.90 Å². The smallest absolute Gasteiger partial charge is 0.379 e. The molecule has 0 saturated heterocycles. The van der Waals surface area contributed by atoms with Crippen molar-refractivity contribution in [3.05, 3.63) is 66.2 Å². The summed E-state index contributed by atoms with van der Waals surface area (Å²) in [5, 5.41) is 0. The van der Waals surface area contributed by atoms with E-state index in [9.17, 15) is 9.59 Å². The highest BCUT2D eigenvalue weighted by Gasteiger charge is 2.16. The van der Waals surface area contributed by atoms with Crippen LogP contribution in [0, 0.1) is 0 Å². The third kappa shape index (κ3) is 4.24. The lowest BCUT2D eigenvalue weighted by Gasteiger charge is -2.04. The van der Waals surface area contributed by atoms with E-state index < -0.39 is 11.8 Å². The van der Waals surface area contributed by atoms with Crippen LogP contribution in [0.15, 0.2) is 65.6 Å². The van der Waals surface area contributed by atoms with Gasteiger partial charge in [0.15, 0.2) is 0 Å². The number of carbonyl (C=O) groups is 2. The molecule has 102 valence electrons. The molecule has 2 aromatic carbocycles. The first-order valence-electron chi connectivity index (χ1n) is 6.22. The molecule has 0 radical (unpaired) electrons. The molecular weight excluding hydrogens is 272 g/mol. The molecule has 0 spiro atoms. The molecule has 0 bridgehead atoms. The van der Waals surface area contributed by atoms with Crippen molar-refractivity contribution in [2.24, 2.45) is 0 Å². The fraction of sp³-hybridized carbons (Fsp3) is 0.125. The number of ketones is 1. The van der Waals surface area contributed by atoms with Crippen molar-refractivity contribution >= 4 is 23.5 Å². The van der Waals surface area contributed by atoms with Crippen LogP contribution >= 0.6 is 11.8 Å². The second-order valence-electron chi connectivity index (χ2n) is 3.99. The summed E-state index contributed by atoms with van der Waals surface area (Å²) in [7, 11) is 0. The topological polar surface area (TPSA) is 43.4 Å². The molecule has 2 rings (SSSR count). The van der Waals surface area contributed by atoms with Gasteiger partial charge in [0.2, 0.25) is 0 Å². The summed E-state index contributed by atoms with van der Waals surface area (Å²) in [6, 6.07) is 18.2. The molecule has 0 saturated carbocycles. The minimum absolute atomic E-state index is 0.219. The lowest BCUT2D eigenvalue weighted by Crippen LogP contribution is -2.18. The fourth-order valence-corrected chi connectivity index (χ4v) is 2.34. The number of esters is 1. The molecule has 0 amide bonds. The molecule has 0 aliphatic heterocycles. The molecule has 20 heavy (non-hydrogen) atoms. The Morgan fingerprint density at radius 3 is 2.15 bits per heavy atom. The Labute approximate surface area is 122 Å². The van der Waals surface area contributed by atoms with E-state index >= 15 is 0 Å². The number of hydrogen-bond donors (Lipinski definition) is 0. The third-order valence-corrected chi connectivity index (χ3v) is 3.53. The van der Waals surface area contributed by atoms with Gasteiger partial charge in [0.1, 0.15) is 6.61 Å². The highest BCUT2D eigenvalue weighted by molar-refractivity contribution is 7.99. The zero-order valence-corrected chi connectivity index (χ0v) is 11.6. The molecule has 0 aliphatic carbocycles. The minimum Gasteiger partial charge on any atom is -0.459 e. The molecule has 0 aromatic heterocycles. The Morgan fingerprint density at radius 1 is 0.900 bits per heavy atom. The van der Waals surface area contributed by atoms with E-state index in [2.05, 4.69) is 0 Å². The summed E-state index contributed by atoms with van der Waals surface area (Å²) in [6.45, 7) is 0.219. The lowest BCUT2D eigenvalue weighted by molar-refractivity contribution is -0.137. The zero-order chi connectivity index (χ0) is 14.2. The van der Waals surface area contributed by atoms with Gasteiger partial charge in [-0.05, 0) is 12.1 Å². The van der Waals surface area contributed by atoms with Gasteiger partial charge >= 0.3 is 5.97 Å². The molecule has 0 unspecified atom stereocenters. The monoisotopic (exact) mass is 286 g/mol. The van der Waals surface area contributed by atoms with E-state index in [0.29, 0.717) is 11.3 Å². The number of ether oxygens (including phenoxy) is 1. The lowest BCUT2D eigenvalue weighted by atomic mass is 10.1. The van der Waals surface area contributed by atoms with Gasteiger partial charge in [-0.15, -0.1) is 11.8 Å². The van der Waals surface area contributed by atoms with Gasteiger partial charge in [-0.3, -0.25) is 4.79 Å². The first-order valence-corrected chi connectivity index (χ1v) is 7.20. The predicted molar refractivity (Wildman–Crippen MR) is 78.9 cm³/mol. The van der Waals surface area contributed by atoms with Crippen molar-refractivity contribution < 1.29 is 14.3 Å². The van der Waals surface area contributed by atoms with Gasteiger partial charge in [0.05, 0.1) is 0 Å². The molecular formula is C16H14O3S. The summed E-state index contributed by atoms with van der Waals surface area (Å²) >= 11 is 1.58. The zero-order valence-electron chi connectivity index (χ0n) is 10.8. The van der Waals surface area contributed by atoms with Crippen molar-refractivity contribution in [3.63, 3.8) is 0 Å². The number of Topliss-reactive ketones (excluding diaryl/α,β-unsaturated/α-hetero) is 1. The minimum atomic E-state index is -0.801. The van der Waals surface area contributed by atoms with Crippen LogP contribution in [0.25, 0.3) is 0 Å². The highest BCUT2D eigenvalue weighted by Crippen LogP contribution is 2.16. The van der Waals surface area contributed by atoms with E-state index in [1.807, 2.05) is 30.3 Å². The van der Waals surface area contributed by atoms with Crippen LogP contribution in [0.1, 0.15) is 10.4 Å². The van der Waals surface area contributed by atoms with E-state index in [1.54, 1.807) is 42.1 Å². The normalized spacial score (nSPS) is 10.0. The van der Waals surface area contributed by atoms with Crippen molar-refractivity contribution in [1.82, 2.24) is 0 Å². The van der Waals surface area contributed by atoms with Crippen LogP contribution in [0.3, 0.4) is 0 Å². The first kappa shape index (κ1) is 14.3. The average molecular weight is 286 g/mol. The van der Waals surface area contributed by atoms with Crippen LogP contribution in [0.4, 0.5) is 0 Å². The maximum Gasteiger partial charge on any atom is 0.379 e. The first-order chi connectivity index (χ1) is 9.77. The van der Waals surface area contributed by atoms with E-state index in [0.717, 1.165) is 4.90 Å². The maximum atomic E-state index is 11.7. The SMILES string of the molecule is O=C(OCCSc1ccccc1)C(=O)c1ccccc1. The summed E-state index contributed by atoms with van der Waals surface area (Å²) in [5.41, 5.74) is 0.355. The average Bonchev–Trinajstić information content (AvgIpc) is 2.52. The molecule has 0 N–H and O–H groups in total. The fourth-order valence-electron chi connectivity index (χ4n) is 1.58. The molecule has 0 heterocycles. The molecule has 3 nitrogen and oxygen atoms in total. The molecule has 2 aromatic rings. The molecule has 0 aliphatic rings. The van der Waals surface area contributed by atoms with Crippen LogP contribution in [0.5, 0.6) is 0 Å². The Hall–Kier alpha value is -2.07. The van der Waals surface area contributed by atoms with Crippen molar-refractivity contribution in [3.8, 4) is 0 Å². The van der Waals surface area contributed by atoms with Gasteiger partial charge in [-0.2, -0.15) is 0 Å².